The minimum Gasteiger partial charge on any atom is -0.507 e. The Morgan fingerprint density at radius 3 is 1.15 bits per heavy atom. The maximum Gasteiger partial charge on any atom is 0.122 e. The number of phenolic OH excluding ortho intramolecular Hbond substituents is 2. The predicted molar refractivity (Wildman–Crippen MR) is 180 cm³/mol. The number of unbranched alkanes of at least 4 members (excludes halogenated alkanes) is 6. The van der Waals surface area contributed by atoms with Gasteiger partial charge in [-0.15, -0.1) is 0 Å². The smallest absolute Gasteiger partial charge is 0.122 e. The number of hydrogen-bond acceptors (Lipinski definition) is 2. The van der Waals surface area contributed by atoms with Crippen molar-refractivity contribution in [3.63, 3.8) is 0 Å². The van der Waals surface area contributed by atoms with Crippen LogP contribution < -0.4 is 0 Å². The molecule has 2 heteroatoms. The van der Waals surface area contributed by atoms with Gasteiger partial charge in [0.15, 0.2) is 0 Å². The molecule has 2 aromatic rings. The second kappa shape index (κ2) is 16.0. The number of benzene rings is 2. The van der Waals surface area contributed by atoms with Gasteiger partial charge in [0.25, 0.3) is 0 Å². The normalized spacial score (nSPS) is 13.9. The molecule has 0 aliphatic rings. The summed E-state index contributed by atoms with van der Waals surface area (Å²) in [5.41, 5.74) is 7.30. The van der Waals surface area contributed by atoms with Gasteiger partial charge in [-0.1, -0.05) is 126 Å². The van der Waals surface area contributed by atoms with Gasteiger partial charge in [-0.25, -0.2) is 0 Å². The molecule has 0 radical (unpaired) electrons. The van der Waals surface area contributed by atoms with E-state index in [9.17, 15) is 10.2 Å². The molecule has 0 spiro atoms. The van der Waals surface area contributed by atoms with Crippen LogP contribution in [0, 0.1) is 0 Å². The zero-order valence-corrected chi connectivity index (χ0v) is 28.6. The molecule has 0 saturated carbocycles. The van der Waals surface area contributed by atoms with Gasteiger partial charge in [0.1, 0.15) is 11.5 Å². The van der Waals surface area contributed by atoms with Crippen molar-refractivity contribution in [2.24, 2.45) is 0 Å². The molecule has 232 valence electrons. The summed E-state index contributed by atoms with van der Waals surface area (Å²) in [6.07, 6.45) is 15.3. The summed E-state index contributed by atoms with van der Waals surface area (Å²) in [6.45, 7) is 22.3. The van der Waals surface area contributed by atoms with Gasteiger partial charge in [-0.05, 0) is 96.3 Å². The largest absolute Gasteiger partial charge is 0.507 e. The first-order valence-electron chi connectivity index (χ1n) is 17.0. The molecule has 0 heterocycles. The molecule has 0 amide bonds. The molecule has 41 heavy (non-hydrogen) atoms. The van der Waals surface area contributed by atoms with Crippen LogP contribution in [0.4, 0.5) is 0 Å². The number of rotatable bonds is 18. The van der Waals surface area contributed by atoms with E-state index in [2.05, 4.69) is 93.5 Å². The van der Waals surface area contributed by atoms with Crippen LogP contribution in [0.15, 0.2) is 24.3 Å². The first-order valence-corrected chi connectivity index (χ1v) is 17.0. The highest BCUT2D eigenvalue weighted by Crippen LogP contribution is 2.41. The fourth-order valence-electron chi connectivity index (χ4n) is 5.87. The monoisotopic (exact) mass is 564 g/mol. The van der Waals surface area contributed by atoms with Crippen LogP contribution in [-0.4, -0.2) is 10.2 Å². The van der Waals surface area contributed by atoms with Gasteiger partial charge in [-0.2, -0.15) is 0 Å². The van der Waals surface area contributed by atoms with Crippen LogP contribution in [0.5, 0.6) is 11.5 Å². The topological polar surface area (TPSA) is 40.5 Å². The average molecular weight is 565 g/mol. The lowest BCUT2D eigenvalue weighted by Gasteiger charge is -2.28. The standard InChI is InChI=1S/C39H64O2/c1-11-28(5)32-24-30(26-34(36(32)40)38(7,8)13-3)22-20-18-16-15-17-19-21-23-31-25-33(29(6)12-2)37(41)35(27-31)39(9,10)14-4/h24-29,40-41H,11-23H2,1-10H3. The molecule has 2 unspecified atom stereocenters. The summed E-state index contributed by atoms with van der Waals surface area (Å²) in [5, 5.41) is 22.2. The molecule has 2 nitrogen and oxygen atoms in total. The highest BCUT2D eigenvalue weighted by molar-refractivity contribution is 5.50. The van der Waals surface area contributed by atoms with Gasteiger partial charge < -0.3 is 10.2 Å². The van der Waals surface area contributed by atoms with Crippen molar-refractivity contribution in [3.8, 4) is 11.5 Å². The summed E-state index contributed by atoms with van der Waals surface area (Å²) >= 11 is 0. The van der Waals surface area contributed by atoms with Crippen molar-refractivity contribution in [1.82, 2.24) is 0 Å². The maximum atomic E-state index is 11.1. The van der Waals surface area contributed by atoms with Crippen LogP contribution >= 0.6 is 0 Å². The van der Waals surface area contributed by atoms with Crippen LogP contribution in [0.3, 0.4) is 0 Å². The Labute approximate surface area is 254 Å². The van der Waals surface area contributed by atoms with E-state index in [1.807, 2.05) is 0 Å². The number of phenols is 2. The maximum absolute atomic E-state index is 11.1. The molecule has 0 bridgehead atoms. The van der Waals surface area contributed by atoms with Crippen molar-refractivity contribution < 1.29 is 10.2 Å². The molecule has 0 aliphatic carbocycles. The Morgan fingerprint density at radius 1 is 0.537 bits per heavy atom. The average Bonchev–Trinajstić information content (AvgIpc) is 2.96. The van der Waals surface area contributed by atoms with E-state index in [-0.39, 0.29) is 10.8 Å². The van der Waals surface area contributed by atoms with Crippen molar-refractivity contribution in [2.75, 3.05) is 0 Å². The fourth-order valence-corrected chi connectivity index (χ4v) is 5.87. The third-order valence-corrected chi connectivity index (χ3v) is 10.3. The number of aryl methyl sites for hydroxylation is 2. The van der Waals surface area contributed by atoms with Crippen LogP contribution in [0.1, 0.15) is 185 Å². The van der Waals surface area contributed by atoms with Crippen molar-refractivity contribution in [1.29, 1.82) is 0 Å². The lowest BCUT2D eigenvalue weighted by molar-refractivity contribution is 0.418. The van der Waals surface area contributed by atoms with Crippen molar-refractivity contribution in [2.45, 2.75) is 175 Å². The van der Waals surface area contributed by atoms with Crippen LogP contribution in [0.2, 0.25) is 0 Å². The molecule has 0 saturated heterocycles. The van der Waals surface area contributed by atoms with E-state index in [1.165, 1.54) is 56.1 Å². The Bertz CT molecular complexity index is 992. The SMILES string of the molecule is CCC(C)c1cc(CCCCCCCCCc2cc(C(C)CC)c(O)c(C(C)(C)CC)c2)cc(C(C)(C)CC)c1O. The second-order valence-electron chi connectivity index (χ2n) is 14.2. The van der Waals surface area contributed by atoms with Crippen LogP contribution in [0.25, 0.3) is 0 Å². The Kier molecular flexibility index (Phi) is 13.8. The highest BCUT2D eigenvalue weighted by Gasteiger charge is 2.26. The first kappa shape index (κ1) is 35.2. The molecule has 2 aromatic carbocycles. The summed E-state index contributed by atoms with van der Waals surface area (Å²) in [6, 6.07) is 9.13. The zero-order chi connectivity index (χ0) is 30.8. The number of aromatic hydroxyl groups is 2. The molecule has 2 N–H and O–H groups in total. The number of hydrogen-bond donors (Lipinski definition) is 2. The molecular weight excluding hydrogens is 500 g/mol. The first-order chi connectivity index (χ1) is 19.3. The minimum atomic E-state index is -0.00791. The highest BCUT2D eigenvalue weighted by atomic mass is 16.3. The Hall–Kier alpha value is -1.96. The van der Waals surface area contributed by atoms with Gasteiger partial charge in [0.2, 0.25) is 0 Å². The van der Waals surface area contributed by atoms with Gasteiger partial charge in [0, 0.05) is 11.1 Å². The van der Waals surface area contributed by atoms with E-state index in [1.54, 1.807) is 0 Å². The Morgan fingerprint density at radius 2 is 0.854 bits per heavy atom. The quantitative estimate of drug-likeness (QED) is 0.177. The summed E-state index contributed by atoms with van der Waals surface area (Å²) < 4.78 is 0. The predicted octanol–water partition coefficient (Wildman–Crippen LogP) is 12.0. The summed E-state index contributed by atoms with van der Waals surface area (Å²) in [7, 11) is 0. The van der Waals surface area contributed by atoms with E-state index in [0.717, 1.165) is 60.8 Å². The molecule has 2 rings (SSSR count). The van der Waals surface area contributed by atoms with Crippen molar-refractivity contribution in [3.05, 3.63) is 57.6 Å². The fraction of sp³-hybridized carbons (Fsp3) is 0.692. The van der Waals surface area contributed by atoms with E-state index < -0.39 is 0 Å². The molecule has 0 aliphatic heterocycles. The van der Waals surface area contributed by atoms with E-state index >= 15 is 0 Å². The van der Waals surface area contributed by atoms with Crippen LogP contribution in [-0.2, 0) is 23.7 Å². The summed E-state index contributed by atoms with van der Waals surface area (Å²) in [5.74, 6) is 1.83. The molecular formula is C39H64O2. The lowest BCUT2D eigenvalue weighted by Crippen LogP contribution is -2.17. The lowest BCUT2D eigenvalue weighted by atomic mass is 9.78. The van der Waals surface area contributed by atoms with Gasteiger partial charge in [0.05, 0.1) is 0 Å². The molecule has 0 aromatic heterocycles. The second-order valence-corrected chi connectivity index (χ2v) is 14.2. The van der Waals surface area contributed by atoms with E-state index in [0.29, 0.717) is 23.3 Å². The summed E-state index contributed by atoms with van der Waals surface area (Å²) in [4.78, 5) is 0. The van der Waals surface area contributed by atoms with E-state index in [4.69, 9.17) is 0 Å². The third kappa shape index (κ3) is 9.52. The van der Waals surface area contributed by atoms with Gasteiger partial charge in [-0.3, -0.25) is 0 Å². The Balaban J connectivity index is 1.86. The zero-order valence-electron chi connectivity index (χ0n) is 28.6. The molecule has 0 fully saturated rings. The molecule has 2 atom stereocenters. The third-order valence-electron chi connectivity index (χ3n) is 10.3. The minimum absolute atomic E-state index is 0.00791. The van der Waals surface area contributed by atoms with Gasteiger partial charge >= 0.3 is 0 Å². The van der Waals surface area contributed by atoms with Crippen molar-refractivity contribution >= 4 is 0 Å².